The second kappa shape index (κ2) is 5.93. The first-order valence-corrected chi connectivity index (χ1v) is 7.40. The van der Waals surface area contributed by atoms with Crippen molar-refractivity contribution in [3.63, 3.8) is 0 Å². The highest BCUT2D eigenvalue weighted by Crippen LogP contribution is 2.34. The van der Waals surface area contributed by atoms with Crippen LogP contribution in [-0.4, -0.2) is 36.5 Å². The van der Waals surface area contributed by atoms with E-state index in [4.69, 9.17) is 4.74 Å². The molecule has 0 N–H and O–H groups in total. The van der Waals surface area contributed by atoms with Gasteiger partial charge in [-0.25, -0.2) is 0 Å². The molecule has 1 aliphatic heterocycles. The van der Waals surface area contributed by atoms with E-state index in [1.165, 1.54) is 20.0 Å². The summed E-state index contributed by atoms with van der Waals surface area (Å²) >= 11 is 0. The molecule has 2 fully saturated rings. The third kappa shape index (κ3) is 3.10. The molecule has 19 heavy (non-hydrogen) atoms. The summed E-state index contributed by atoms with van der Waals surface area (Å²) in [5.74, 6) is 1.17. The normalized spacial score (nSPS) is 31.9. The van der Waals surface area contributed by atoms with Crippen LogP contribution < -0.4 is 0 Å². The Kier molecular flexibility index (Phi) is 4.48. The number of nitrogens with zero attached hydrogens (tertiary/aromatic N) is 1. The molecule has 4 heteroatoms. The number of hydrogen-bond donors (Lipinski definition) is 0. The van der Waals surface area contributed by atoms with Crippen molar-refractivity contribution >= 4 is 11.9 Å². The molecule has 0 spiro atoms. The van der Waals surface area contributed by atoms with Crippen LogP contribution in [0.15, 0.2) is 0 Å². The summed E-state index contributed by atoms with van der Waals surface area (Å²) < 4.78 is 4.75. The lowest BCUT2D eigenvalue weighted by Crippen LogP contribution is -2.40. The third-order valence-corrected chi connectivity index (χ3v) is 4.82. The van der Waals surface area contributed by atoms with Crippen LogP contribution in [0.1, 0.15) is 46.0 Å². The summed E-state index contributed by atoms with van der Waals surface area (Å²) in [4.78, 5) is 25.5. The largest absolute Gasteiger partial charge is 0.469 e. The lowest BCUT2D eigenvalue weighted by atomic mass is 9.79. The minimum absolute atomic E-state index is 0.128. The Morgan fingerprint density at radius 1 is 1.26 bits per heavy atom. The van der Waals surface area contributed by atoms with Gasteiger partial charge in [0.25, 0.3) is 0 Å². The summed E-state index contributed by atoms with van der Waals surface area (Å²) in [5, 5.41) is 0. The highest BCUT2D eigenvalue weighted by atomic mass is 16.5. The zero-order valence-electron chi connectivity index (χ0n) is 12.2. The second-order valence-electron chi connectivity index (χ2n) is 6.28. The quantitative estimate of drug-likeness (QED) is 0.737. The molecule has 0 aromatic rings. The highest BCUT2D eigenvalue weighted by molar-refractivity contribution is 5.87. The fourth-order valence-electron chi connectivity index (χ4n) is 3.49. The Labute approximate surface area is 115 Å². The lowest BCUT2D eigenvalue weighted by molar-refractivity contribution is -0.145. The van der Waals surface area contributed by atoms with Crippen LogP contribution in [0.4, 0.5) is 0 Å². The molecule has 0 aromatic carbocycles. The monoisotopic (exact) mass is 267 g/mol. The standard InChI is InChI=1S/C15H25NO3/c1-10(2)11-4-6-13(7-5-11)16-9-12(8-14(16)17)15(18)19-3/h10-13H,4-9H2,1-3H3. The van der Waals surface area contributed by atoms with E-state index in [2.05, 4.69) is 13.8 Å². The Hall–Kier alpha value is -1.06. The van der Waals surface area contributed by atoms with Gasteiger partial charge in [0.05, 0.1) is 13.0 Å². The van der Waals surface area contributed by atoms with E-state index in [-0.39, 0.29) is 17.8 Å². The van der Waals surface area contributed by atoms with Gasteiger partial charge in [-0.3, -0.25) is 9.59 Å². The SMILES string of the molecule is COC(=O)C1CC(=O)N(C2CCC(C(C)C)CC2)C1. The van der Waals surface area contributed by atoms with Gasteiger partial charge in [0, 0.05) is 19.0 Å². The molecular weight excluding hydrogens is 242 g/mol. The Morgan fingerprint density at radius 2 is 1.89 bits per heavy atom. The zero-order valence-corrected chi connectivity index (χ0v) is 12.2. The Bertz CT molecular complexity index is 345. The molecule has 2 aliphatic rings. The van der Waals surface area contributed by atoms with E-state index in [9.17, 15) is 9.59 Å². The average molecular weight is 267 g/mol. The van der Waals surface area contributed by atoms with E-state index < -0.39 is 0 Å². The molecule has 1 aliphatic carbocycles. The highest BCUT2D eigenvalue weighted by Gasteiger charge is 2.39. The van der Waals surface area contributed by atoms with Gasteiger partial charge in [-0.05, 0) is 37.5 Å². The van der Waals surface area contributed by atoms with E-state index in [1.807, 2.05) is 4.90 Å². The number of carbonyl (C=O) groups excluding carboxylic acids is 2. The average Bonchev–Trinajstić information content (AvgIpc) is 2.80. The summed E-state index contributed by atoms with van der Waals surface area (Å²) in [5.41, 5.74) is 0. The van der Waals surface area contributed by atoms with E-state index in [0.717, 1.165) is 24.7 Å². The van der Waals surface area contributed by atoms with Crippen molar-refractivity contribution in [1.29, 1.82) is 0 Å². The molecule has 2 rings (SSSR count). The van der Waals surface area contributed by atoms with Gasteiger partial charge in [0.2, 0.25) is 5.91 Å². The molecule has 108 valence electrons. The van der Waals surface area contributed by atoms with Crippen LogP contribution in [0.5, 0.6) is 0 Å². The first-order valence-electron chi connectivity index (χ1n) is 7.40. The molecule has 4 nitrogen and oxygen atoms in total. The minimum atomic E-state index is -0.250. The third-order valence-electron chi connectivity index (χ3n) is 4.82. The minimum Gasteiger partial charge on any atom is -0.469 e. The predicted molar refractivity (Wildman–Crippen MR) is 72.4 cm³/mol. The van der Waals surface area contributed by atoms with Crippen molar-refractivity contribution in [3.05, 3.63) is 0 Å². The molecule has 1 atom stereocenters. The fourth-order valence-corrected chi connectivity index (χ4v) is 3.49. The van der Waals surface area contributed by atoms with E-state index >= 15 is 0 Å². The molecule has 1 heterocycles. The molecule has 1 unspecified atom stereocenters. The molecule has 1 amide bonds. The summed E-state index contributed by atoms with van der Waals surface area (Å²) in [7, 11) is 1.39. The molecular formula is C15H25NO3. The Morgan fingerprint density at radius 3 is 2.42 bits per heavy atom. The van der Waals surface area contributed by atoms with Crippen LogP contribution in [-0.2, 0) is 14.3 Å². The number of methoxy groups -OCH3 is 1. The summed E-state index contributed by atoms with van der Waals surface area (Å²) in [6.07, 6.45) is 4.91. The fraction of sp³-hybridized carbons (Fsp3) is 0.867. The number of rotatable bonds is 3. The molecule has 0 aromatic heterocycles. The zero-order chi connectivity index (χ0) is 14.0. The maximum absolute atomic E-state index is 12.0. The number of likely N-dealkylation sites (tertiary alicyclic amines) is 1. The number of carbonyl (C=O) groups is 2. The lowest BCUT2D eigenvalue weighted by Gasteiger charge is -2.36. The van der Waals surface area contributed by atoms with Gasteiger partial charge in [-0.15, -0.1) is 0 Å². The van der Waals surface area contributed by atoms with Crippen LogP contribution in [0.25, 0.3) is 0 Å². The van der Waals surface area contributed by atoms with Crippen molar-refractivity contribution in [1.82, 2.24) is 4.90 Å². The van der Waals surface area contributed by atoms with Gasteiger partial charge in [0.15, 0.2) is 0 Å². The van der Waals surface area contributed by atoms with Crippen molar-refractivity contribution in [2.75, 3.05) is 13.7 Å². The number of ether oxygens (including phenoxy) is 1. The van der Waals surface area contributed by atoms with Crippen LogP contribution in [0.2, 0.25) is 0 Å². The smallest absolute Gasteiger partial charge is 0.310 e. The number of esters is 1. The van der Waals surface area contributed by atoms with Crippen molar-refractivity contribution in [3.8, 4) is 0 Å². The van der Waals surface area contributed by atoms with Crippen LogP contribution in [0, 0.1) is 17.8 Å². The van der Waals surface area contributed by atoms with E-state index in [0.29, 0.717) is 19.0 Å². The van der Waals surface area contributed by atoms with Gasteiger partial charge in [-0.1, -0.05) is 13.8 Å². The molecule has 0 bridgehead atoms. The van der Waals surface area contributed by atoms with Crippen LogP contribution in [0.3, 0.4) is 0 Å². The van der Waals surface area contributed by atoms with Gasteiger partial charge < -0.3 is 9.64 Å². The number of amides is 1. The molecule has 0 radical (unpaired) electrons. The van der Waals surface area contributed by atoms with Crippen molar-refractivity contribution in [2.24, 2.45) is 17.8 Å². The van der Waals surface area contributed by atoms with Gasteiger partial charge in [-0.2, -0.15) is 0 Å². The van der Waals surface area contributed by atoms with Crippen molar-refractivity contribution < 1.29 is 14.3 Å². The first kappa shape index (κ1) is 14.4. The van der Waals surface area contributed by atoms with Gasteiger partial charge >= 0.3 is 5.97 Å². The maximum Gasteiger partial charge on any atom is 0.310 e. The Balaban J connectivity index is 1.90. The summed E-state index contributed by atoms with van der Waals surface area (Å²) in [6, 6.07) is 0.345. The maximum atomic E-state index is 12.0. The molecule has 1 saturated heterocycles. The predicted octanol–water partition coefficient (Wildman–Crippen LogP) is 2.22. The van der Waals surface area contributed by atoms with Crippen molar-refractivity contribution in [2.45, 2.75) is 52.0 Å². The topological polar surface area (TPSA) is 46.6 Å². The molecule has 1 saturated carbocycles. The van der Waals surface area contributed by atoms with Crippen LogP contribution >= 0.6 is 0 Å². The second-order valence-corrected chi connectivity index (χ2v) is 6.28. The van der Waals surface area contributed by atoms with E-state index in [1.54, 1.807) is 0 Å². The summed E-state index contributed by atoms with van der Waals surface area (Å²) in [6.45, 7) is 5.11. The first-order chi connectivity index (χ1) is 9.02. The van der Waals surface area contributed by atoms with Gasteiger partial charge in [0.1, 0.15) is 0 Å². The number of hydrogen-bond acceptors (Lipinski definition) is 3.